The minimum absolute atomic E-state index is 0.657. The normalized spacial score (nSPS) is 10.6. The van der Waals surface area contributed by atoms with Gasteiger partial charge in [0.1, 0.15) is 5.75 Å². The molecule has 0 aliphatic rings. The van der Waals surface area contributed by atoms with E-state index < -0.39 is 0 Å². The van der Waals surface area contributed by atoms with Gasteiger partial charge in [-0.1, -0.05) is 25.1 Å². The molecule has 0 unspecified atom stereocenters. The third-order valence-corrected chi connectivity index (χ3v) is 4.66. The van der Waals surface area contributed by atoms with Crippen molar-refractivity contribution in [3.63, 3.8) is 0 Å². The summed E-state index contributed by atoms with van der Waals surface area (Å²) >= 11 is 0. The summed E-state index contributed by atoms with van der Waals surface area (Å²) < 4.78 is 5.33. The molecule has 1 N–H and O–H groups in total. The van der Waals surface area contributed by atoms with Gasteiger partial charge in [-0.3, -0.25) is 4.98 Å². The Hall–Kier alpha value is -3.06. The van der Waals surface area contributed by atoms with Crippen LogP contribution in [0.5, 0.6) is 5.75 Å². The summed E-state index contributed by atoms with van der Waals surface area (Å²) in [5.74, 6) is 0.897. The number of hydrogen-bond donors (Lipinski definition) is 1. The predicted octanol–water partition coefficient (Wildman–Crippen LogP) is 5.59. The Kier molecular flexibility index (Phi) is 5.09. The van der Waals surface area contributed by atoms with Crippen LogP contribution in [0.1, 0.15) is 29.2 Å². The van der Waals surface area contributed by atoms with Crippen molar-refractivity contribution in [2.75, 3.05) is 12.4 Å². The molecule has 2 aromatic carbocycles. The van der Waals surface area contributed by atoms with Crippen molar-refractivity contribution in [3.05, 3.63) is 70.2 Å². The van der Waals surface area contributed by atoms with Gasteiger partial charge in [-0.15, -0.1) is 0 Å². The molecule has 0 amide bonds. The number of aryl methyl sites for hydroxylation is 3. The molecule has 4 nitrogen and oxygen atoms in total. The van der Waals surface area contributed by atoms with Crippen molar-refractivity contribution in [2.24, 2.45) is 0 Å². The summed E-state index contributed by atoms with van der Waals surface area (Å²) in [7, 11) is 1.69. The Morgan fingerprint density at radius 2 is 1.96 bits per heavy atom. The van der Waals surface area contributed by atoms with Gasteiger partial charge < -0.3 is 10.1 Å². The van der Waals surface area contributed by atoms with Gasteiger partial charge in [0.15, 0.2) is 5.69 Å². The van der Waals surface area contributed by atoms with Crippen LogP contribution in [-0.2, 0) is 13.0 Å². The molecular formula is C22H23N3O. The highest BCUT2D eigenvalue weighted by molar-refractivity contribution is 5.97. The highest BCUT2D eigenvalue weighted by atomic mass is 16.5. The topological polar surface area (TPSA) is 38.5 Å². The van der Waals surface area contributed by atoms with Gasteiger partial charge in [-0.05, 0) is 54.7 Å². The molecule has 0 saturated heterocycles. The van der Waals surface area contributed by atoms with Crippen LogP contribution >= 0.6 is 0 Å². The molecule has 132 valence electrons. The van der Waals surface area contributed by atoms with E-state index in [1.54, 1.807) is 7.11 Å². The molecule has 26 heavy (non-hydrogen) atoms. The minimum Gasteiger partial charge on any atom is -0.496 e. The number of nitrogens with one attached hydrogen (secondary N) is 1. The van der Waals surface area contributed by atoms with Gasteiger partial charge in [0.25, 0.3) is 0 Å². The molecule has 4 heteroatoms. The highest BCUT2D eigenvalue weighted by Crippen LogP contribution is 2.32. The zero-order valence-corrected chi connectivity index (χ0v) is 15.7. The molecule has 0 saturated carbocycles. The lowest BCUT2D eigenvalue weighted by Crippen LogP contribution is -2.04. The van der Waals surface area contributed by atoms with E-state index in [2.05, 4.69) is 34.2 Å². The van der Waals surface area contributed by atoms with Crippen LogP contribution in [0, 0.1) is 20.4 Å². The number of methoxy groups -OCH3 is 1. The molecule has 1 aromatic heterocycles. The van der Waals surface area contributed by atoms with Crippen molar-refractivity contribution >= 4 is 22.3 Å². The zero-order chi connectivity index (χ0) is 18.7. The summed E-state index contributed by atoms with van der Waals surface area (Å²) in [6.07, 6.45) is 2.76. The largest absolute Gasteiger partial charge is 0.496 e. The van der Waals surface area contributed by atoms with Crippen molar-refractivity contribution in [2.45, 2.75) is 33.7 Å². The van der Waals surface area contributed by atoms with Crippen LogP contribution in [0.2, 0.25) is 0 Å². The number of anilines is 1. The van der Waals surface area contributed by atoms with Crippen LogP contribution in [0.15, 0.2) is 36.5 Å². The van der Waals surface area contributed by atoms with E-state index in [1.165, 1.54) is 5.56 Å². The molecular weight excluding hydrogens is 322 g/mol. The van der Waals surface area contributed by atoms with E-state index in [4.69, 9.17) is 11.3 Å². The first kappa shape index (κ1) is 17.8. The van der Waals surface area contributed by atoms with Gasteiger partial charge in [0.05, 0.1) is 19.2 Å². The summed E-state index contributed by atoms with van der Waals surface area (Å²) in [5, 5.41) is 4.57. The maximum absolute atomic E-state index is 7.39. The molecule has 3 rings (SSSR count). The van der Waals surface area contributed by atoms with Gasteiger partial charge in [-0.25, -0.2) is 4.85 Å². The van der Waals surface area contributed by atoms with Gasteiger partial charge in [-0.2, -0.15) is 0 Å². The summed E-state index contributed by atoms with van der Waals surface area (Å²) in [4.78, 5) is 8.25. The number of nitrogens with zero attached hydrogens (tertiary/aromatic N) is 2. The fourth-order valence-electron chi connectivity index (χ4n) is 3.27. The number of hydrogen-bond acceptors (Lipinski definition) is 3. The third kappa shape index (κ3) is 3.34. The number of benzene rings is 2. The quantitative estimate of drug-likeness (QED) is 0.613. The molecule has 0 aliphatic heterocycles. The van der Waals surface area contributed by atoms with Crippen molar-refractivity contribution in [1.29, 1.82) is 0 Å². The summed E-state index contributed by atoms with van der Waals surface area (Å²) in [5.41, 5.74) is 7.16. The molecule has 0 radical (unpaired) electrons. The second kappa shape index (κ2) is 7.45. The van der Waals surface area contributed by atoms with E-state index in [-0.39, 0.29) is 0 Å². The standard InChI is InChI=1S/C22H23N3O/c1-6-17-10-18(23-4)11-19-21(15(3)12-24-22(17)19)25-13-16-7-8-20(26-5)14(2)9-16/h7-12H,6,13H2,1-3,5H3,(H,24,25). The summed E-state index contributed by atoms with van der Waals surface area (Å²) in [6.45, 7) is 14.3. The summed E-state index contributed by atoms with van der Waals surface area (Å²) in [6, 6.07) is 10.1. The molecule has 0 bridgehead atoms. The molecule has 0 aliphatic carbocycles. The third-order valence-electron chi connectivity index (χ3n) is 4.66. The van der Waals surface area contributed by atoms with Crippen LogP contribution < -0.4 is 10.1 Å². The molecule has 1 heterocycles. The SMILES string of the molecule is [C-]#[N+]c1cc(CC)c2ncc(C)c(NCc3ccc(OC)c(C)c3)c2c1. The molecule has 0 spiro atoms. The Balaban J connectivity index is 2.00. The van der Waals surface area contributed by atoms with Crippen LogP contribution in [0.25, 0.3) is 15.7 Å². The average Bonchev–Trinajstić information content (AvgIpc) is 2.66. The van der Waals surface area contributed by atoms with Gasteiger partial charge in [0.2, 0.25) is 0 Å². The lowest BCUT2D eigenvalue weighted by atomic mass is 10.0. The van der Waals surface area contributed by atoms with E-state index in [0.29, 0.717) is 12.2 Å². The molecule has 0 atom stereocenters. The Labute approximate surface area is 154 Å². The van der Waals surface area contributed by atoms with E-state index in [9.17, 15) is 0 Å². The van der Waals surface area contributed by atoms with E-state index in [0.717, 1.165) is 45.5 Å². The maximum Gasteiger partial charge on any atom is 0.188 e. The van der Waals surface area contributed by atoms with Crippen LogP contribution in [0.3, 0.4) is 0 Å². The van der Waals surface area contributed by atoms with Gasteiger partial charge in [0, 0.05) is 23.8 Å². The van der Waals surface area contributed by atoms with Crippen molar-refractivity contribution in [3.8, 4) is 5.75 Å². The lowest BCUT2D eigenvalue weighted by Gasteiger charge is -2.15. The second-order valence-electron chi connectivity index (χ2n) is 6.44. The zero-order valence-electron chi connectivity index (χ0n) is 15.7. The van der Waals surface area contributed by atoms with Crippen LogP contribution in [0.4, 0.5) is 11.4 Å². The first-order valence-corrected chi connectivity index (χ1v) is 8.74. The fourth-order valence-corrected chi connectivity index (χ4v) is 3.27. The number of fused-ring (bicyclic) bond motifs is 1. The number of aromatic nitrogens is 1. The number of pyridine rings is 1. The first-order valence-electron chi connectivity index (χ1n) is 8.74. The molecule has 0 fully saturated rings. The Morgan fingerprint density at radius 1 is 1.15 bits per heavy atom. The lowest BCUT2D eigenvalue weighted by molar-refractivity contribution is 0.411. The number of ether oxygens (including phenoxy) is 1. The van der Waals surface area contributed by atoms with E-state index in [1.807, 2.05) is 38.2 Å². The first-order chi connectivity index (χ1) is 12.6. The van der Waals surface area contributed by atoms with Crippen molar-refractivity contribution in [1.82, 2.24) is 4.98 Å². The molecule has 3 aromatic rings. The monoisotopic (exact) mass is 345 g/mol. The average molecular weight is 345 g/mol. The number of rotatable bonds is 5. The highest BCUT2D eigenvalue weighted by Gasteiger charge is 2.11. The van der Waals surface area contributed by atoms with Gasteiger partial charge >= 0.3 is 0 Å². The van der Waals surface area contributed by atoms with E-state index >= 15 is 0 Å². The minimum atomic E-state index is 0.657. The predicted molar refractivity (Wildman–Crippen MR) is 107 cm³/mol. The second-order valence-corrected chi connectivity index (χ2v) is 6.44. The van der Waals surface area contributed by atoms with Crippen molar-refractivity contribution < 1.29 is 4.74 Å². The van der Waals surface area contributed by atoms with Crippen LogP contribution in [-0.4, -0.2) is 12.1 Å². The smallest absolute Gasteiger partial charge is 0.188 e. The Bertz CT molecular complexity index is 1000. The fraction of sp³-hybridized carbons (Fsp3) is 0.273. The Morgan fingerprint density at radius 3 is 2.62 bits per heavy atom. The maximum atomic E-state index is 7.39.